The van der Waals surface area contributed by atoms with Crippen molar-refractivity contribution in [2.24, 2.45) is 46.3 Å². The fourth-order valence-corrected chi connectivity index (χ4v) is 12.1. The second kappa shape index (κ2) is 23.4. The van der Waals surface area contributed by atoms with E-state index in [1.165, 1.54) is 56.9 Å². The number of fused-ring (bicyclic) bond motifs is 5. The van der Waals surface area contributed by atoms with E-state index in [9.17, 15) is 19.2 Å². The van der Waals surface area contributed by atoms with E-state index in [4.69, 9.17) is 14.2 Å². The number of esters is 1. The second-order valence-electron chi connectivity index (χ2n) is 22.9. The highest BCUT2D eigenvalue weighted by molar-refractivity contribution is 5.82. The summed E-state index contributed by atoms with van der Waals surface area (Å²) in [6.45, 7) is 25.0. The number of carbonyl (C=O) groups is 4. The van der Waals surface area contributed by atoms with Crippen LogP contribution in [0.1, 0.15) is 205 Å². The summed E-state index contributed by atoms with van der Waals surface area (Å²) in [7, 11) is 0. The van der Waals surface area contributed by atoms with Crippen molar-refractivity contribution in [2.45, 2.75) is 222 Å². The van der Waals surface area contributed by atoms with Crippen molar-refractivity contribution in [1.82, 2.24) is 15.5 Å². The molecule has 0 aliphatic heterocycles. The van der Waals surface area contributed by atoms with Crippen LogP contribution < -0.4 is 10.6 Å². The number of carbonyl (C=O) groups excluding carboxylic acids is 4. The van der Waals surface area contributed by atoms with Crippen LogP contribution in [0.5, 0.6) is 0 Å². The van der Waals surface area contributed by atoms with E-state index in [1.807, 2.05) is 41.5 Å². The molecule has 62 heavy (non-hydrogen) atoms. The first-order valence-electron chi connectivity index (χ1n) is 25.2. The molecule has 0 aromatic heterocycles. The van der Waals surface area contributed by atoms with Gasteiger partial charge in [-0.1, -0.05) is 91.2 Å². The molecule has 4 aliphatic carbocycles. The van der Waals surface area contributed by atoms with E-state index in [1.54, 1.807) is 4.90 Å². The first-order chi connectivity index (χ1) is 29.1. The van der Waals surface area contributed by atoms with Crippen molar-refractivity contribution < 1.29 is 33.4 Å². The van der Waals surface area contributed by atoms with Gasteiger partial charge in [-0.05, 0) is 159 Å². The zero-order valence-electron chi connectivity index (χ0n) is 41.4. The molecule has 0 saturated heterocycles. The van der Waals surface area contributed by atoms with Crippen LogP contribution in [0.25, 0.3) is 0 Å². The van der Waals surface area contributed by atoms with Gasteiger partial charge in [0.2, 0.25) is 5.91 Å². The minimum absolute atomic E-state index is 0.0276. The number of nitrogens with zero attached hydrogens (tertiary/aromatic N) is 1. The lowest BCUT2D eigenvalue weighted by Gasteiger charge is -2.58. The summed E-state index contributed by atoms with van der Waals surface area (Å²) in [5.74, 6) is 4.41. The number of allylic oxidation sites excluding steroid dienone is 1. The standard InChI is InChI=1S/C52H91N3O7/c1-37(2)21-20-22-38(3)42-26-27-43-41-25-24-39-35-40(28-30-51(39,10)44(41)29-31-52(42,43)11)60-46(57)36-55(45(56)23-16-18-33-54-48(59)62-50(7,8)9)34-19-15-13-12-14-17-32-53-47(58)61-49(4,5)6/h24,37-38,40-44H,12-23,25-36H2,1-11H3,(H,53,58)(H,54,59)/t38-,40+,41+,42-,43+,44+,51?,52-/m1/s1. The molecule has 10 heteroatoms. The molecule has 0 aromatic rings. The van der Waals surface area contributed by atoms with Gasteiger partial charge in [-0.15, -0.1) is 0 Å². The van der Waals surface area contributed by atoms with Crippen LogP contribution in [0.4, 0.5) is 9.59 Å². The normalized spacial score (nSPS) is 27.5. The third-order valence-electron chi connectivity index (χ3n) is 15.2. The molecule has 4 aliphatic rings. The highest BCUT2D eigenvalue weighted by Crippen LogP contribution is 2.67. The SMILES string of the molecule is CC(C)CCC[C@@H](C)[C@H]1CC[C@H]2[C@@H]3CC=C4C[C@@H](OC(=O)CN(CCCCCCCCNC(=O)OC(C)(C)C)C(=O)CCCCNC(=O)OC(C)(C)C)CCC4(C)[C@H]3CC[C@]12C. The van der Waals surface area contributed by atoms with E-state index in [0.29, 0.717) is 50.2 Å². The Morgan fingerprint density at radius 2 is 1.35 bits per heavy atom. The van der Waals surface area contributed by atoms with Crippen LogP contribution in [0.3, 0.4) is 0 Å². The maximum Gasteiger partial charge on any atom is 0.407 e. The Hall–Kier alpha value is -2.78. The number of nitrogens with one attached hydrogen (secondary N) is 2. The number of rotatable bonds is 22. The Balaban J connectivity index is 1.26. The highest BCUT2D eigenvalue weighted by Gasteiger charge is 2.59. The highest BCUT2D eigenvalue weighted by atomic mass is 16.6. The van der Waals surface area contributed by atoms with Crippen molar-refractivity contribution in [3.8, 4) is 0 Å². The van der Waals surface area contributed by atoms with E-state index < -0.39 is 17.3 Å². The van der Waals surface area contributed by atoms with Crippen LogP contribution >= 0.6 is 0 Å². The molecule has 2 N–H and O–H groups in total. The van der Waals surface area contributed by atoms with Gasteiger partial charge >= 0.3 is 18.2 Å². The van der Waals surface area contributed by atoms with Crippen LogP contribution in [-0.2, 0) is 23.8 Å². The Morgan fingerprint density at radius 3 is 1.98 bits per heavy atom. The van der Waals surface area contributed by atoms with Crippen molar-refractivity contribution >= 4 is 24.1 Å². The average molecular weight is 870 g/mol. The molecule has 0 heterocycles. The zero-order valence-corrected chi connectivity index (χ0v) is 41.4. The van der Waals surface area contributed by atoms with Gasteiger partial charge in [-0.3, -0.25) is 9.59 Å². The number of ether oxygens (including phenoxy) is 3. The van der Waals surface area contributed by atoms with E-state index in [2.05, 4.69) is 51.3 Å². The summed E-state index contributed by atoms with van der Waals surface area (Å²) in [5, 5.41) is 5.59. The van der Waals surface area contributed by atoms with Gasteiger partial charge in [0.05, 0.1) is 0 Å². The summed E-state index contributed by atoms with van der Waals surface area (Å²) in [6, 6.07) is 0. The minimum atomic E-state index is -0.565. The number of alkyl carbamates (subject to hydrolysis) is 2. The fourth-order valence-electron chi connectivity index (χ4n) is 12.1. The first-order valence-corrected chi connectivity index (χ1v) is 25.2. The predicted molar refractivity (Wildman–Crippen MR) is 250 cm³/mol. The molecule has 0 aromatic carbocycles. The summed E-state index contributed by atoms with van der Waals surface area (Å²) < 4.78 is 16.9. The summed E-state index contributed by atoms with van der Waals surface area (Å²) in [6.07, 6.45) is 22.3. The van der Waals surface area contributed by atoms with Crippen LogP contribution in [-0.4, -0.2) is 72.4 Å². The van der Waals surface area contributed by atoms with Gasteiger partial charge in [0.25, 0.3) is 0 Å². The lowest BCUT2D eigenvalue weighted by atomic mass is 9.47. The van der Waals surface area contributed by atoms with Gasteiger partial charge in [-0.2, -0.15) is 0 Å². The van der Waals surface area contributed by atoms with Crippen LogP contribution in [0.2, 0.25) is 0 Å². The summed E-state index contributed by atoms with van der Waals surface area (Å²) >= 11 is 0. The molecule has 356 valence electrons. The third kappa shape index (κ3) is 15.7. The lowest BCUT2D eigenvalue weighted by Crippen LogP contribution is -2.51. The molecule has 0 bridgehead atoms. The van der Waals surface area contributed by atoms with E-state index >= 15 is 0 Å². The Kier molecular flexibility index (Phi) is 19.6. The molecule has 1 unspecified atom stereocenters. The quantitative estimate of drug-likeness (QED) is 0.0481. The number of hydrogen-bond acceptors (Lipinski definition) is 7. The van der Waals surface area contributed by atoms with Crippen LogP contribution in [0, 0.1) is 46.3 Å². The fraction of sp³-hybridized carbons (Fsp3) is 0.885. The Morgan fingerprint density at radius 1 is 0.742 bits per heavy atom. The van der Waals surface area contributed by atoms with E-state index in [0.717, 1.165) is 87.4 Å². The van der Waals surface area contributed by atoms with E-state index in [-0.39, 0.29) is 36.0 Å². The topological polar surface area (TPSA) is 123 Å². The molecular weight excluding hydrogens is 779 g/mol. The first kappa shape index (κ1) is 51.9. The average Bonchev–Trinajstić information content (AvgIpc) is 3.52. The number of hydrogen-bond donors (Lipinski definition) is 2. The second-order valence-corrected chi connectivity index (χ2v) is 22.9. The van der Waals surface area contributed by atoms with Crippen molar-refractivity contribution in [2.75, 3.05) is 26.2 Å². The molecule has 3 fully saturated rings. The predicted octanol–water partition coefficient (Wildman–Crippen LogP) is 12.3. The Bertz CT molecular complexity index is 1480. The van der Waals surface area contributed by atoms with Crippen molar-refractivity contribution in [3.05, 3.63) is 11.6 Å². The molecule has 0 spiro atoms. The largest absolute Gasteiger partial charge is 0.461 e. The number of unbranched alkanes of at least 4 members (excludes halogenated alkanes) is 6. The smallest absolute Gasteiger partial charge is 0.407 e. The Labute approximate surface area is 377 Å². The number of amides is 3. The molecular formula is C52H91N3O7. The molecule has 10 nitrogen and oxygen atoms in total. The van der Waals surface area contributed by atoms with Gasteiger partial charge < -0.3 is 29.7 Å². The van der Waals surface area contributed by atoms with Gasteiger partial charge in [0.15, 0.2) is 0 Å². The molecule has 8 atom stereocenters. The monoisotopic (exact) mass is 870 g/mol. The van der Waals surface area contributed by atoms with Crippen molar-refractivity contribution in [1.29, 1.82) is 0 Å². The molecule has 3 amide bonds. The maximum atomic E-state index is 13.6. The van der Waals surface area contributed by atoms with Gasteiger partial charge in [-0.25, -0.2) is 9.59 Å². The van der Waals surface area contributed by atoms with Gasteiger partial charge in [0, 0.05) is 32.5 Å². The molecule has 0 radical (unpaired) electrons. The third-order valence-corrected chi connectivity index (χ3v) is 15.2. The van der Waals surface area contributed by atoms with Crippen molar-refractivity contribution in [3.63, 3.8) is 0 Å². The molecule has 4 rings (SSSR count). The summed E-state index contributed by atoms with van der Waals surface area (Å²) in [4.78, 5) is 52.9. The van der Waals surface area contributed by atoms with Crippen LogP contribution in [0.15, 0.2) is 11.6 Å². The minimum Gasteiger partial charge on any atom is -0.461 e. The lowest BCUT2D eigenvalue weighted by molar-refractivity contribution is -0.156. The maximum absolute atomic E-state index is 13.6. The molecule has 3 saturated carbocycles. The summed E-state index contributed by atoms with van der Waals surface area (Å²) in [5.41, 5.74) is 1.09. The zero-order chi connectivity index (χ0) is 45.7. The van der Waals surface area contributed by atoms with Gasteiger partial charge in [0.1, 0.15) is 23.9 Å².